The molecule has 0 aliphatic carbocycles. The largest absolute Gasteiger partial charge is 0.633 e. The highest BCUT2D eigenvalue weighted by Gasteiger charge is 2.49. The summed E-state index contributed by atoms with van der Waals surface area (Å²) < 4.78 is 5.69. The summed E-state index contributed by atoms with van der Waals surface area (Å²) in [4.78, 5) is 10.6. The van der Waals surface area contributed by atoms with Crippen LogP contribution in [0.25, 0.3) is 11.0 Å². The van der Waals surface area contributed by atoms with Gasteiger partial charge >= 0.3 is 0 Å². The number of nitrogens with one attached hydrogen (secondary N) is 1. The smallest absolute Gasteiger partial charge is 0.134 e. The minimum absolute atomic E-state index is 0.237. The number of furan rings is 1. The lowest BCUT2D eigenvalue weighted by atomic mass is 9.90. The molecule has 0 radical (unpaired) electrons. The van der Waals surface area contributed by atoms with E-state index in [2.05, 4.69) is 0 Å². The standard InChI is InChI=1S/C16H19NO3/c1-15(2)12-8-10-7-11(5-6-18)20-14(10)9-13(12)16(3,4)17(15)19/h6-9,17H,5H2,1-4H3. The average molecular weight is 273 g/mol. The number of aldehydes is 1. The van der Waals surface area contributed by atoms with E-state index in [4.69, 9.17) is 4.42 Å². The Morgan fingerprint density at radius 2 is 1.75 bits per heavy atom. The number of hydroxylamine groups is 2. The Hall–Kier alpha value is -1.65. The Morgan fingerprint density at radius 1 is 1.15 bits per heavy atom. The second-order valence-electron chi connectivity index (χ2n) is 6.60. The van der Waals surface area contributed by atoms with Crippen LogP contribution in [-0.2, 0) is 22.3 Å². The highest BCUT2D eigenvalue weighted by molar-refractivity contribution is 5.81. The molecule has 1 aliphatic heterocycles. The van der Waals surface area contributed by atoms with Crippen molar-refractivity contribution in [2.24, 2.45) is 0 Å². The summed E-state index contributed by atoms with van der Waals surface area (Å²) in [6, 6.07) is 5.89. The molecule has 0 saturated heterocycles. The Bertz CT molecular complexity index is 644. The quantitative estimate of drug-likeness (QED) is 0.673. The van der Waals surface area contributed by atoms with Gasteiger partial charge in [-0.2, -0.15) is 0 Å². The Kier molecular flexibility index (Phi) is 2.62. The predicted molar refractivity (Wildman–Crippen MR) is 76.4 cm³/mol. The maximum Gasteiger partial charge on any atom is 0.134 e. The zero-order valence-corrected chi connectivity index (χ0v) is 12.2. The molecule has 2 heterocycles. The second kappa shape index (κ2) is 3.93. The molecular formula is C16H19NO3. The molecule has 106 valence electrons. The maximum atomic E-state index is 12.6. The van der Waals surface area contributed by atoms with Crippen molar-refractivity contribution in [3.05, 3.63) is 40.3 Å². The molecular weight excluding hydrogens is 254 g/mol. The maximum absolute atomic E-state index is 12.6. The lowest BCUT2D eigenvalue weighted by Gasteiger charge is -2.40. The normalized spacial score (nSPS) is 22.9. The summed E-state index contributed by atoms with van der Waals surface area (Å²) in [7, 11) is 0. The fourth-order valence-corrected chi connectivity index (χ4v) is 3.38. The van der Waals surface area contributed by atoms with Crippen LogP contribution in [0.15, 0.2) is 22.6 Å². The van der Waals surface area contributed by atoms with Gasteiger partial charge in [-0.15, -0.1) is 0 Å². The summed E-state index contributed by atoms with van der Waals surface area (Å²) in [6.07, 6.45) is 1.12. The first-order valence-corrected chi connectivity index (χ1v) is 6.84. The van der Waals surface area contributed by atoms with Crippen molar-refractivity contribution in [3.63, 3.8) is 0 Å². The van der Waals surface area contributed by atoms with E-state index in [1.165, 1.54) is 0 Å². The summed E-state index contributed by atoms with van der Waals surface area (Å²) in [5, 5.41) is 13.8. The van der Waals surface area contributed by atoms with Gasteiger partial charge in [0.15, 0.2) is 0 Å². The van der Waals surface area contributed by atoms with Crippen molar-refractivity contribution in [1.82, 2.24) is 0 Å². The number of rotatable bonds is 2. The van der Waals surface area contributed by atoms with E-state index in [0.29, 0.717) is 5.76 Å². The van der Waals surface area contributed by atoms with Crippen LogP contribution in [0, 0.1) is 5.21 Å². The SMILES string of the molecule is CC1(C)c2cc3cc(CC=O)oc3cc2C(C)(C)[NH+]1[O-]. The number of hydrogen-bond donors (Lipinski definition) is 1. The van der Waals surface area contributed by atoms with Gasteiger partial charge in [0, 0.05) is 16.5 Å². The van der Waals surface area contributed by atoms with E-state index in [0.717, 1.165) is 28.4 Å². The van der Waals surface area contributed by atoms with E-state index < -0.39 is 11.1 Å². The van der Waals surface area contributed by atoms with Crippen LogP contribution in [0.5, 0.6) is 0 Å². The highest BCUT2D eigenvalue weighted by Crippen LogP contribution is 2.39. The average Bonchev–Trinajstić information content (AvgIpc) is 2.82. The molecule has 1 N–H and O–H groups in total. The van der Waals surface area contributed by atoms with Gasteiger partial charge in [-0.05, 0) is 45.9 Å². The van der Waals surface area contributed by atoms with Crippen molar-refractivity contribution < 1.29 is 14.3 Å². The zero-order chi connectivity index (χ0) is 14.7. The molecule has 1 aromatic heterocycles. The van der Waals surface area contributed by atoms with Gasteiger partial charge in [0.1, 0.15) is 28.7 Å². The van der Waals surface area contributed by atoms with Crippen LogP contribution in [0.3, 0.4) is 0 Å². The minimum atomic E-state index is -0.495. The molecule has 0 spiro atoms. The number of quaternary nitrogens is 1. The molecule has 0 fully saturated rings. The summed E-state index contributed by atoms with van der Waals surface area (Å²) >= 11 is 0. The number of fused-ring (bicyclic) bond motifs is 2. The Balaban J connectivity index is 2.26. The molecule has 0 bridgehead atoms. The fourth-order valence-electron chi connectivity index (χ4n) is 3.38. The lowest BCUT2D eigenvalue weighted by Crippen LogP contribution is -3.17. The Morgan fingerprint density at radius 3 is 2.35 bits per heavy atom. The van der Waals surface area contributed by atoms with E-state index >= 15 is 0 Å². The molecule has 3 rings (SSSR count). The van der Waals surface area contributed by atoms with Gasteiger partial charge in [-0.3, -0.25) is 0 Å². The summed E-state index contributed by atoms with van der Waals surface area (Å²) in [6.45, 7) is 7.87. The first-order valence-electron chi connectivity index (χ1n) is 6.84. The predicted octanol–water partition coefficient (Wildman–Crippen LogP) is 2.04. The molecule has 4 heteroatoms. The van der Waals surface area contributed by atoms with E-state index in [1.54, 1.807) is 0 Å². The first kappa shape index (κ1) is 13.3. The van der Waals surface area contributed by atoms with Gasteiger partial charge in [0.05, 0.1) is 6.42 Å². The molecule has 1 unspecified atom stereocenters. The highest BCUT2D eigenvalue weighted by atomic mass is 16.5. The van der Waals surface area contributed by atoms with Crippen molar-refractivity contribution in [3.8, 4) is 0 Å². The van der Waals surface area contributed by atoms with Crippen LogP contribution in [-0.4, -0.2) is 6.29 Å². The van der Waals surface area contributed by atoms with Gasteiger partial charge in [-0.25, -0.2) is 0 Å². The van der Waals surface area contributed by atoms with Crippen molar-refractivity contribution in [1.29, 1.82) is 0 Å². The van der Waals surface area contributed by atoms with Crippen LogP contribution in [0.1, 0.15) is 44.6 Å². The molecule has 0 saturated carbocycles. The minimum Gasteiger partial charge on any atom is -0.633 e. The lowest BCUT2D eigenvalue weighted by molar-refractivity contribution is -0.955. The van der Waals surface area contributed by atoms with Gasteiger partial charge in [0.2, 0.25) is 0 Å². The molecule has 20 heavy (non-hydrogen) atoms. The molecule has 1 aliphatic rings. The number of carbonyl (C=O) groups excluding carboxylic acids is 1. The summed E-state index contributed by atoms with van der Waals surface area (Å²) in [5.74, 6) is 0.667. The molecule has 2 aromatic rings. The third-order valence-electron chi connectivity index (χ3n) is 4.47. The molecule has 1 aromatic carbocycles. The van der Waals surface area contributed by atoms with Crippen molar-refractivity contribution in [2.75, 3.05) is 0 Å². The monoisotopic (exact) mass is 273 g/mol. The number of benzene rings is 1. The molecule has 4 nitrogen and oxygen atoms in total. The van der Waals surface area contributed by atoms with Crippen molar-refractivity contribution in [2.45, 2.75) is 45.2 Å². The van der Waals surface area contributed by atoms with Gasteiger partial charge in [-0.1, -0.05) is 0 Å². The van der Waals surface area contributed by atoms with E-state index in [1.807, 2.05) is 45.9 Å². The van der Waals surface area contributed by atoms with E-state index in [9.17, 15) is 10.0 Å². The molecule has 1 atom stereocenters. The Labute approximate surface area is 117 Å². The van der Waals surface area contributed by atoms with E-state index in [-0.39, 0.29) is 11.5 Å². The third-order valence-corrected chi connectivity index (χ3v) is 4.47. The molecule has 0 amide bonds. The van der Waals surface area contributed by atoms with Crippen molar-refractivity contribution >= 4 is 17.3 Å². The van der Waals surface area contributed by atoms with Crippen LogP contribution in [0.4, 0.5) is 0 Å². The van der Waals surface area contributed by atoms with Crippen LogP contribution < -0.4 is 5.06 Å². The number of carbonyl (C=O) groups is 1. The second-order valence-corrected chi connectivity index (χ2v) is 6.60. The van der Waals surface area contributed by atoms with Gasteiger partial charge < -0.3 is 19.5 Å². The van der Waals surface area contributed by atoms with Gasteiger partial charge in [0.25, 0.3) is 0 Å². The third kappa shape index (κ3) is 1.58. The topological polar surface area (TPSA) is 57.7 Å². The zero-order valence-electron chi connectivity index (χ0n) is 12.2. The van der Waals surface area contributed by atoms with Crippen LogP contribution in [0.2, 0.25) is 0 Å². The number of hydrogen-bond acceptors (Lipinski definition) is 3. The van der Waals surface area contributed by atoms with Crippen LogP contribution >= 0.6 is 0 Å². The summed E-state index contributed by atoms with van der Waals surface area (Å²) in [5.41, 5.74) is 1.88. The first-order chi connectivity index (χ1) is 9.28. The fraction of sp³-hybridized carbons (Fsp3) is 0.438.